The Hall–Kier alpha value is -2.14. The highest BCUT2D eigenvalue weighted by Gasteiger charge is 2.11. The van der Waals surface area contributed by atoms with Crippen molar-refractivity contribution >= 4 is 23.2 Å². The molecule has 0 fully saturated rings. The Balaban J connectivity index is 1.82. The summed E-state index contributed by atoms with van der Waals surface area (Å²) in [7, 11) is 0. The number of hydrogen-bond donors (Lipinski definition) is 1. The minimum atomic E-state index is -0.348. The molecule has 4 nitrogen and oxygen atoms in total. The molecule has 1 aromatic heterocycles. The van der Waals surface area contributed by atoms with Crippen molar-refractivity contribution in [3.05, 3.63) is 51.7 Å². The molecule has 1 aromatic carbocycles. The number of benzene rings is 1. The Labute approximate surface area is 127 Å². The number of ether oxygens (including phenoxy) is 1. The zero-order valence-corrected chi connectivity index (χ0v) is 12.8. The number of hydrogen-bond acceptors (Lipinski definition) is 4. The Morgan fingerprint density at radius 1 is 1.14 bits per heavy atom. The summed E-state index contributed by atoms with van der Waals surface area (Å²) in [6.07, 6.45) is 0.144. The van der Waals surface area contributed by atoms with Crippen LogP contribution in [0.15, 0.2) is 35.7 Å². The molecule has 0 bridgehead atoms. The van der Waals surface area contributed by atoms with Crippen molar-refractivity contribution in [3.63, 3.8) is 0 Å². The molecule has 0 aliphatic carbocycles. The van der Waals surface area contributed by atoms with Crippen molar-refractivity contribution in [3.8, 4) is 5.75 Å². The first kappa shape index (κ1) is 15.3. The number of carbonyl (C=O) groups is 2. The maximum absolute atomic E-state index is 11.8. The molecule has 0 aliphatic rings. The monoisotopic (exact) mass is 303 g/mol. The lowest BCUT2D eigenvalue weighted by atomic mass is 10.1. The molecule has 0 atom stereocenters. The molecular formula is C16H17NO3S. The topological polar surface area (TPSA) is 55.4 Å². The van der Waals surface area contributed by atoms with Crippen LogP contribution >= 0.6 is 11.3 Å². The van der Waals surface area contributed by atoms with E-state index in [1.807, 2.05) is 43.5 Å². The molecule has 110 valence electrons. The van der Waals surface area contributed by atoms with E-state index in [9.17, 15) is 9.59 Å². The van der Waals surface area contributed by atoms with E-state index >= 15 is 0 Å². The van der Waals surface area contributed by atoms with E-state index in [0.29, 0.717) is 10.6 Å². The van der Waals surface area contributed by atoms with Gasteiger partial charge < -0.3 is 10.1 Å². The average molecular weight is 303 g/mol. The molecule has 0 aliphatic heterocycles. The standard InChI is InChI=1S/C16H17NO3S/c1-11-5-3-6-12(2)15(11)20-14(18)8-9-17-16(19)13-7-4-10-21-13/h3-7,10H,8-9H2,1-2H3,(H,17,19). The first-order valence-electron chi connectivity index (χ1n) is 6.66. The smallest absolute Gasteiger partial charge is 0.312 e. The van der Waals surface area contributed by atoms with E-state index in [4.69, 9.17) is 4.74 Å². The van der Waals surface area contributed by atoms with Crippen molar-refractivity contribution in [2.75, 3.05) is 6.54 Å². The third kappa shape index (κ3) is 4.16. The van der Waals surface area contributed by atoms with Crippen LogP contribution in [0.4, 0.5) is 0 Å². The molecule has 0 spiro atoms. The highest BCUT2D eigenvalue weighted by Crippen LogP contribution is 2.22. The second kappa shape index (κ2) is 7.04. The van der Waals surface area contributed by atoms with E-state index in [1.54, 1.807) is 6.07 Å². The van der Waals surface area contributed by atoms with Gasteiger partial charge in [-0.3, -0.25) is 9.59 Å². The summed E-state index contributed by atoms with van der Waals surface area (Å²) >= 11 is 1.37. The number of aryl methyl sites for hydroxylation is 2. The zero-order valence-electron chi connectivity index (χ0n) is 12.0. The lowest BCUT2D eigenvalue weighted by molar-refractivity contribution is -0.134. The fraction of sp³-hybridized carbons (Fsp3) is 0.250. The predicted octanol–water partition coefficient (Wildman–Crippen LogP) is 3.09. The van der Waals surface area contributed by atoms with Gasteiger partial charge in [0, 0.05) is 6.54 Å². The van der Waals surface area contributed by atoms with Crippen molar-refractivity contribution in [1.29, 1.82) is 0 Å². The van der Waals surface area contributed by atoms with Gasteiger partial charge in [0.1, 0.15) is 5.75 Å². The van der Waals surface area contributed by atoms with Gasteiger partial charge in [-0.2, -0.15) is 0 Å². The molecular weight excluding hydrogens is 286 g/mol. The van der Waals surface area contributed by atoms with Crippen LogP contribution in [0.2, 0.25) is 0 Å². The summed E-state index contributed by atoms with van der Waals surface area (Å²) in [5, 5.41) is 4.54. The van der Waals surface area contributed by atoms with Crippen LogP contribution in [0.3, 0.4) is 0 Å². The summed E-state index contributed by atoms with van der Waals surface area (Å²) in [5.74, 6) is 0.0934. The first-order valence-corrected chi connectivity index (χ1v) is 7.54. The van der Waals surface area contributed by atoms with E-state index < -0.39 is 0 Å². The lowest BCUT2D eigenvalue weighted by Crippen LogP contribution is -2.26. The zero-order chi connectivity index (χ0) is 15.2. The first-order chi connectivity index (χ1) is 10.1. The van der Waals surface area contributed by atoms with Crippen LogP contribution in [0.1, 0.15) is 27.2 Å². The third-order valence-electron chi connectivity index (χ3n) is 2.98. The van der Waals surface area contributed by atoms with Gasteiger partial charge in [0.2, 0.25) is 0 Å². The normalized spacial score (nSPS) is 10.2. The van der Waals surface area contributed by atoms with Crippen molar-refractivity contribution in [1.82, 2.24) is 5.32 Å². The molecule has 5 heteroatoms. The van der Waals surface area contributed by atoms with Gasteiger partial charge in [0.25, 0.3) is 5.91 Å². The molecule has 21 heavy (non-hydrogen) atoms. The number of para-hydroxylation sites is 1. The highest BCUT2D eigenvalue weighted by atomic mass is 32.1. The SMILES string of the molecule is Cc1cccc(C)c1OC(=O)CCNC(=O)c1cccs1. The molecule has 1 amide bonds. The van der Waals surface area contributed by atoms with Gasteiger partial charge in [-0.15, -0.1) is 11.3 Å². The molecule has 2 rings (SSSR count). The quantitative estimate of drug-likeness (QED) is 0.682. The maximum atomic E-state index is 11.8. The number of thiophene rings is 1. The summed E-state index contributed by atoms with van der Waals surface area (Å²) in [4.78, 5) is 24.2. The fourth-order valence-corrected chi connectivity index (χ4v) is 2.54. The van der Waals surface area contributed by atoms with Crippen LogP contribution in [-0.2, 0) is 4.79 Å². The van der Waals surface area contributed by atoms with Crippen molar-refractivity contribution in [2.45, 2.75) is 20.3 Å². The largest absolute Gasteiger partial charge is 0.426 e. The Kier molecular flexibility index (Phi) is 5.11. The van der Waals surface area contributed by atoms with Crippen molar-refractivity contribution in [2.24, 2.45) is 0 Å². The summed E-state index contributed by atoms with van der Waals surface area (Å²) in [6.45, 7) is 4.06. The van der Waals surface area contributed by atoms with Crippen LogP contribution in [-0.4, -0.2) is 18.4 Å². The number of amides is 1. The van der Waals surface area contributed by atoms with E-state index in [1.165, 1.54) is 11.3 Å². The van der Waals surface area contributed by atoms with Gasteiger partial charge in [0.05, 0.1) is 11.3 Å². The summed E-state index contributed by atoms with van der Waals surface area (Å²) in [5.41, 5.74) is 1.84. The molecule has 0 unspecified atom stereocenters. The fourth-order valence-electron chi connectivity index (χ4n) is 1.90. The van der Waals surface area contributed by atoms with Gasteiger partial charge in [0.15, 0.2) is 0 Å². The van der Waals surface area contributed by atoms with Crippen molar-refractivity contribution < 1.29 is 14.3 Å². The number of carbonyl (C=O) groups excluding carboxylic acids is 2. The minimum Gasteiger partial charge on any atom is -0.426 e. The maximum Gasteiger partial charge on any atom is 0.312 e. The molecule has 0 radical (unpaired) electrons. The van der Waals surface area contributed by atoms with Crippen LogP contribution in [0.25, 0.3) is 0 Å². The Morgan fingerprint density at radius 2 is 1.86 bits per heavy atom. The van der Waals surface area contributed by atoms with E-state index in [0.717, 1.165) is 11.1 Å². The Bertz CT molecular complexity index is 615. The van der Waals surface area contributed by atoms with Gasteiger partial charge >= 0.3 is 5.97 Å². The lowest BCUT2D eigenvalue weighted by Gasteiger charge is -2.10. The molecule has 0 saturated carbocycles. The van der Waals surface area contributed by atoms with Crippen LogP contribution in [0.5, 0.6) is 5.75 Å². The predicted molar refractivity (Wildman–Crippen MR) is 82.8 cm³/mol. The number of nitrogens with one attached hydrogen (secondary N) is 1. The number of esters is 1. The van der Waals surface area contributed by atoms with Gasteiger partial charge in [-0.1, -0.05) is 24.3 Å². The molecule has 1 heterocycles. The second-order valence-electron chi connectivity index (χ2n) is 4.68. The molecule has 2 aromatic rings. The second-order valence-corrected chi connectivity index (χ2v) is 5.63. The number of rotatable bonds is 5. The summed E-state index contributed by atoms with van der Waals surface area (Å²) < 4.78 is 5.36. The summed E-state index contributed by atoms with van der Waals surface area (Å²) in [6, 6.07) is 9.27. The Morgan fingerprint density at radius 3 is 2.48 bits per heavy atom. The highest BCUT2D eigenvalue weighted by molar-refractivity contribution is 7.12. The van der Waals surface area contributed by atoms with Gasteiger partial charge in [-0.05, 0) is 36.4 Å². The molecule has 0 saturated heterocycles. The molecule has 1 N–H and O–H groups in total. The van der Waals surface area contributed by atoms with Gasteiger partial charge in [-0.25, -0.2) is 0 Å². The van der Waals surface area contributed by atoms with E-state index in [-0.39, 0.29) is 24.8 Å². The van der Waals surface area contributed by atoms with Crippen LogP contribution < -0.4 is 10.1 Å². The van der Waals surface area contributed by atoms with Crippen LogP contribution in [0, 0.1) is 13.8 Å². The minimum absolute atomic E-state index is 0.144. The average Bonchev–Trinajstić information content (AvgIpc) is 2.97. The van der Waals surface area contributed by atoms with E-state index in [2.05, 4.69) is 5.32 Å². The third-order valence-corrected chi connectivity index (χ3v) is 3.85.